The third-order valence-electron chi connectivity index (χ3n) is 3.49. The van der Waals surface area contributed by atoms with Gasteiger partial charge in [-0.1, -0.05) is 30.3 Å². The maximum Gasteiger partial charge on any atom is 0.125 e. The smallest absolute Gasteiger partial charge is 0.125 e. The zero-order valence-corrected chi connectivity index (χ0v) is 10.8. The monoisotopic (exact) mass is 256 g/mol. The molecule has 0 fully saturated rings. The highest BCUT2D eigenvalue weighted by atomic mass is 19.1. The highest BCUT2D eigenvalue weighted by Gasteiger charge is 2.17. The first-order valence-electron chi connectivity index (χ1n) is 6.60. The second-order valence-electron chi connectivity index (χ2n) is 4.92. The first kappa shape index (κ1) is 12.2. The molecule has 1 heterocycles. The van der Waals surface area contributed by atoms with Gasteiger partial charge in [-0.15, -0.1) is 0 Å². The van der Waals surface area contributed by atoms with Gasteiger partial charge in [-0.25, -0.2) is 4.39 Å². The Morgan fingerprint density at radius 1 is 1.00 bits per heavy atom. The van der Waals surface area contributed by atoms with E-state index >= 15 is 0 Å². The summed E-state index contributed by atoms with van der Waals surface area (Å²) in [6, 6.07) is 15.2. The highest BCUT2D eigenvalue weighted by Crippen LogP contribution is 2.21. The van der Waals surface area contributed by atoms with Crippen molar-refractivity contribution in [2.45, 2.75) is 13.1 Å². The summed E-state index contributed by atoms with van der Waals surface area (Å²) in [4.78, 5) is 2.40. The van der Waals surface area contributed by atoms with Gasteiger partial charge in [0.05, 0.1) is 0 Å². The molecular weight excluding hydrogens is 239 g/mol. The van der Waals surface area contributed by atoms with Crippen molar-refractivity contribution >= 4 is 5.69 Å². The van der Waals surface area contributed by atoms with Gasteiger partial charge in [-0.05, 0) is 29.3 Å². The number of fused-ring (bicyclic) bond motifs is 1. The van der Waals surface area contributed by atoms with Crippen molar-refractivity contribution in [3.05, 3.63) is 65.5 Å². The molecule has 0 aromatic heterocycles. The molecule has 0 aliphatic carbocycles. The number of halogens is 1. The van der Waals surface area contributed by atoms with E-state index in [1.165, 1.54) is 23.3 Å². The van der Waals surface area contributed by atoms with Gasteiger partial charge in [0.25, 0.3) is 0 Å². The van der Waals surface area contributed by atoms with Gasteiger partial charge in [0.2, 0.25) is 0 Å². The lowest BCUT2D eigenvalue weighted by Crippen LogP contribution is -2.23. The third-order valence-corrected chi connectivity index (χ3v) is 3.49. The SMILES string of the molecule is Fc1cccc(NCCN2Cc3ccccc3C2)c1. The summed E-state index contributed by atoms with van der Waals surface area (Å²) in [5.41, 5.74) is 3.69. The second-order valence-corrected chi connectivity index (χ2v) is 4.92. The van der Waals surface area contributed by atoms with E-state index in [0.717, 1.165) is 31.9 Å². The maximum atomic E-state index is 13.0. The molecule has 2 nitrogen and oxygen atoms in total. The molecule has 1 N–H and O–H groups in total. The van der Waals surface area contributed by atoms with Crippen LogP contribution in [0.4, 0.5) is 10.1 Å². The number of rotatable bonds is 4. The number of nitrogens with zero attached hydrogens (tertiary/aromatic N) is 1. The molecule has 98 valence electrons. The molecule has 0 unspecified atom stereocenters. The fourth-order valence-electron chi connectivity index (χ4n) is 2.52. The zero-order chi connectivity index (χ0) is 13.1. The Morgan fingerprint density at radius 3 is 2.42 bits per heavy atom. The average Bonchev–Trinajstić information content (AvgIpc) is 2.81. The van der Waals surface area contributed by atoms with Crippen LogP contribution in [0.5, 0.6) is 0 Å². The quantitative estimate of drug-likeness (QED) is 0.903. The summed E-state index contributed by atoms with van der Waals surface area (Å²) in [5.74, 6) is -0.196. The molecule has 2 aromatic rings. The van der Waals surface area contributed by atoms with Crippen LogP contribution in [0.1, 0.15) is 11.1 Å². The van der Waals surface area contributed by atoms with E-state index in [2.05, 4.69) is 34.5 Å². The summed E-state index contributed by atoms with van der Waals surface area (Å²) in [5, 5.41) is 3.26. The molecule has 3 rings (SSSR count). The third kappa shape index (κ3) is 2.93. The molecule has 1 aliphatic rings. The molecule has 0 radical (unpaired) electrons. The molecule has 1 aliphatic heterocycles. The van der Waals surface area contributed by atoms with Crippen LogP contribution in [0.25, 0.3) is 0 Å². The lowest BCUT2D eigenvalue weighted by atomic mass is 10.1. The second kappa shape index (κ2) is 5.41. The van der Waals surface area contributed by atoms with Crippen molar-refractivity contribution in [3.63, 3.8) is 0 Å². The van der Waals surface area contributed by atoms with E-state index in [1.807, 2.05) is 6.07 Å². The van der Waals surface area contributed by atoms with Gasteiger partial charge in [0.1, 0.15) is 5.82 Å². The van der Waals surface area contributed by atoms with Crippen molar-refractivity contribution in [1.82, 2.24) is 4.90 Å². The Morgan fingerprint density at radius 2 is 1.74 bits per heavy atom. The van der Waals surface area contributed by atoms with Crippen LogP contribution in [0.2, 0.25) is 0 Å². The number of hydrogen-bond donors (Lipinski definition) is 1. The van der Waals surface area contributed by atoms with Gasteiger partial charge in [0.15, 0.2) is 0 Å². The summed E-state index contributed by atoms with van der Waals surface area (Å²) in [7, 11) is 0. The van der Waals surface area contributed by atoms with Crippen LogP contribution in [0, 0.1) is 5.82 Å². The predicted molar refractivity (Wildman–Crippen MR) is 75.4 cm³/mol. The summed E-state index contributed by atoms with van der Waals surface area (Å²) in [6.07, 6.45) is 0. The molecule has 0 amide bonds. The molecule has 19 heavy (non-hydrogen) atoms. The van der Waals surface area contributed by atoms with E-state index in [1.54, 1.807) is 6.07 Å². The topological polar surface area (TPSA) is 15.3 Å². The fraction of sp³-hybridized carbons (Fsp3) is 0.250. The summed E-state index contributed by atoms with van der Waals surface area (Å²) in [6.45, 7) is 3.82. The maximum absolute atomic E-state index is 13.0. The largest absolute Gasteiger partial charge is 0.384 e. The van der Waals surface area contributed by atoms with E-state index in [9.17, 15) is 4.39 Å². The number of nitrogens with one attached hydrogen (secondary N) is 1. The Labute approximate surface area is 112 Å². The van der Waals surface area contributed by atoms with Crippen molar-refractivity contribution in [2.24, 2.45) is 0 Å². The molecule has 0 atom stereocenters. The first-order valence-corrected chi connectivity index (χ1v) is 6.60. The number of hydrogen-bond acceptors (Lipinski definition) is 2. The lowest BCUT2D eigenvalue weighted by molar-refractivity contribution is 0.296. The van der Waals surface area contributed by atoms with Crippen LogP contribution in [-0.4, -0.2) is 18.0 Å². The van der Waals surface area contributed by atoms with Crippen LogP contribution in [-0.2, 0) is 13.1 Å². The normalized spacial score (nSPS) is 14.4. The van der Waals surface area contributed by atoms with Gasteiger partial charge in [-0.2, -0.15) is 0 Å². The Bertz CT molecular complexity index is 543. The van der Waals surface area contributed by atoms with Crippen LogP contribution < -0.4 is 5.32 Å². The van der Waals surface area contributed by atoms with Gasteiger partial charge in [-0.3, -0.25) is 4.90 Å². The standard InChI is InChI=1S/C16H17FN2/c17-15-6-3-7-16(10-15)18-8-9-19-11-13-4-1-2-5-14(13)12-19/h1-7,10,18H,8-9,11-12H2. The Hall–Kier alpha value is -1.87. The highest BCUT2D eigenvalue weighted by molar-refractivity contribution is 5.43. The molecule has 0 spiro atoms. The van der Waals surface area contributed by atoms with Crippen LogP contribution in [0.3, 0.4) is 0 Å². The minimum absolute atomic E-state index is 0.196. The number of benzene rings is 2. The van der Waals surface area contributed by atoms with Gasteiger partial charge >= 0.3 is 0 Å². The fourth-order valence-corrected chi connectivity index (χ4v) is 2.52. The van der Waals surface area contributed by atoms with Crippen molar-refractivity contribution in [1.29, 1.82) is 0 Å². The van der Waals surface area contributed by atoms with E-state index < -0.39 is 0 Å². The average molecular weight is 256 g/mol. The molecule has 0 saturated heterocycles. The first-order chi connectivity index (χ1) is 9.31. The summed E-state index contributed by atoms with van der Waals surface area (Å²) >= 11 is 0. The van der Waals surface area contributed by atoms with Crippen LogP contribution >= 0.6 is 0 Å². The minimum Gasteiger partial charge on any atom is -0.384 e. The van der Waals surface area contributed by atoms with Crippen molar-refractivity contribution in [2.75, 3.05) is 18.4 Å². The van der Waals surface area contributed by atoms with E-state index in [-0.39, 0.29) is 5.82 Å². The van der Waals surface area contributed by atoms with Crippen LogP contribution in [0.15, 0.2) is 48.5 Å². The van der Waals surface area contributed by atoms with Gasteiger partial charge < -0.3 is 5.32 Å². The minimum atomic E-state index is -0.196. The predicted octanol–water partition coefficient (Wildman–Crippen LogP) is 3.25. The zero-order valence-electron chi connectivity index (χ0n) is 10.8. The molecule has 0 saturated carbocycles. The number of anilines is 1. The molecule has 3 heteroatoms. The van der Waals surface area contributed by atoms with Gasteiger partial charge in [0, 0.05) is 31.9 Å². The molecule has 2 aromatic carbocycles. The lowest BCUT2D eigenvalue weighted by Gasteiger charge is -2.15. The van der Waals surface area contributed by atoms with E-state index in [0.29, 0.717) is 0 Å². The molecular formula is C16H17FN2. The van der Waals surface area contributed by atoms with Crippen molar-refractivity contribution in [3.8, 4) is 0 Å². The summed E-state index contributed by atoms with van der Waals surface area (Å²) < 4.78 is 13.0. The molecule has 0 bridgehead atoms. The Balaban J connectivity index is 1.50. The van der Waals surface area contributed by atoms with E-state index in [4.69, 9.17) is 0 Å². The Kier molecular flexibility index (Phi) is 3.47. The van der Waals surface area contributed by atoms with Crippen molar-refractivity contribution < 1.29 is 4.39 Å².